The van der Waals surface area contributed by atoms with Gasteiger partial charge in [0.15, 0.2) is 0 Å². The van der Waals surface area contributed by atoms with E-state index in [1.54, 1.807) is 52.0 Å². The number of hydrogen-bond donors (Lipinski definition) is 1. The van der Waals surface area contributed by atoms with E-state index in [0.717, 1.165) is 0 Å². The third kappa shape index (κ3) is 5.11. The summed E-state index contributed by atoms with van der Waals surface area (Å²) >= 11 is 0. The molecule has 0 aromatic heterocycles. The maximum Gasteiger partial charge on any atom is 0.408 e. The van der Waals surface area contributed by atoms with Gasteiger partial charge in [-0.05, 0) is 39.8 Å². The third-order valence-corrected chi connectivity index (χ3v) is 3.41. The summed E-state index contributed by atoms with van der Waals surface area (Å²) in [5.41, 5.74) is -0.259. The zero-order chi connectivity index (χ0) is 19.3. The molecule has 2 rings (SSSR count). The van der Waals surface area contributed by atoms with Crippen molar-refractivity contribution in [3.63, 3.8) is 0 Å². The summed E-state index contributed by atoms with van der Waals surface area (Å²) in [6, 6.07) is 5.86. The number of esters is 1. The summed E-state index contributed by atoms with van der Waals surface area (Å²) in [5, 5.41) is 2.51. The molecule has 26 heavy (non-hydrogen) atoms. The summed E-state index contributed by atoms with van der Waals surface area (Å²) in [6.45, 7) is 6.71. The highest BCUT2D eigenvalue weighted by atomic mass is 16.6. The summed E-state index contributed by atoms with van der Waals surface area (Å²) < 4.78 is 15.8. The van der Waals surface area contributed by atoms with Gasteiger partial charge in [-0.3, -0.25) is 14.5 Å². The minimum Gasteiger partial charge on any atom is -0.489 e. The van der Waals surface area contributed by atoms with Crippen molar-refractivity contribution in [2.75, 3.05) is 24.7 Å². The van der Waals surface area contributed by atoms with Crippen LogP contribution in [0.25, 0.3) is 0 Å². The minimum atomic E-state index is -0.994. The number of alkyl carbamates (subject to hydrolysis) is 1. The van der Waals surface area contributed by atoms with Crippen LogP contribution in [0.15, 0.2) is 24.3 Å². The molecule has 8 nitrogen and oxygen atoms in total. The summed E-state index contributed by atoms with van der Waals surface area (Å²) in [4.78, 5) is 38.1. The number of para-hydroxylation sites is 2. The first-order chi connectivity index (χ1) is 12.2. The fourth-order valence-electron chi connectivity index (χ4n) is 2.41. The maximum atomic E-state index is 12.9. The van der Waals surface area contributed by atoms with E-state index in [1.165, 1.54) is 4.90 Å². The van der Waals surface area contributed by atoms with Crippen molar-refractivity contribution in [3.05, 3.63) is 24.3 Å². The molecule has 1 N–H and O–H groups in total. The van der Waals surface area contributed by atoms with Crippen LogP contribution < -0.4 is 15.0 Å². The molecule has 1 aliphatic heterocycles. The average molecular weight is 364 g/mol. The van der Waals surface area contributed by atoms with Crippen molar-refractivity contribution >= 4 is 23.7 Å². The van der Waals surface area contributed by atoms with Crippen molar-refractivity contribution < 1.29 is 28.6 Å². The van der Waals surface area contributed by atoms with Crippen LogP contribution in [0, 0.1) is 0 Å². The van der Waals surface area contributed by atoms with Gasteiger partial charge in [-0.15, -0.1) is 0 Å². The van der Waals surface area contributed by atoms with Crippen LogP contribution >= 0.6 is 0 Å². The normalized spacial score (nSPS) is 16.8. The average Bonchev–Trinajstić information content (AvgIpc) is 2.66. The van der Waals surface area contributed by atoms with Gasteiger partial charge >= 0.3 is 12.1 Å². The third-order valence-electron chi connectivity index (χ3n) is 3.41. The van der Waals surface area contributed by atoms with Gasteiger partial charge in [0.2, 0.25) is 0 Å². The van der Waals surface area contributed by atoms with E-state index < -0.39 is 29.6 Å². The highest BCUT2D eigenvalue weighted by Gasteiger charge is 2.34. The number of hydrogen-bond acceptors (Lipinski definition) is 6. The number of ether oxygens (including phenoxy) is 3. The number of anilines is 1. The molecule has 0 bridgehead atoms. The Labute approximate surface area is 152 Å². The molecule has 1 heterocycles. The van der Waals surface area contributed by atoms with E-state index >= 15 is 0 Å². The predicted octanol–water partition coefficient (Wildman–Crippen LogP) is 1.87. The smallest absolute Gasteiger partial charge is 0.408 e. The molecule has 1 aromatic carbocycles. The van der Waals surface area contributed by atoms with E-state index in [2.05, 4.69) is 5.32 Å². The SMILES string of the molecule is CCOC(=O)CN1C(=O)[C@@H](NC(=O)OC(C)(C)C)COc2ccccc21. The van der Waals surface area contributed by atoms with Crippen molar-refractivity contribution in [1.82, 2.24) is 5.32 Å². The molecule has 1 aliphatic rings. The lowest BCUT2D eigenvalue weighted by atomic mass is 10.2. The molecule has 2 amide bonds. The summed E-state index contributed by atoms with van der Waals surface area (Å²) in [5.74, 6) is -0.582. The first kappa shape index (κ1) is 19.6. The highest BCUT2D eigenvalue weighted by molar-refractivity contribution is 6.03. The fraction of sp³-hybridized carbons (Fsp3) is 0.500. The second-order valence-electron chi connectivity index (χ2n) is 6.71. The molecule has 1 aromatic rings. The van der Waals surface area contributed by atoms with Crippen LogP contribution in [0.4, 0.5) is 10.5 Å². The van der Waals surface area contributed by atoms with Gasteiger partial charge in [-0.1, -0.05) is 12.1 Å². The number of amides is 2. The molecule has 8 heteroatoms. The first-order valence-corrected chi connectivity index (χ1v) is 8.39. The Bertz CT molecular complexity index is 683. The zero-order valence-corrected chi connectivity index (χ0v) is 15.4. The van der Waals surface area contributed by atoms with Crippen LogP contribution in [-0.4, -0.2) is 49.4 Å². The molecular weight excluding hydrogens is 340 g/mol. The monoisotopic (exact) mass is 364 g/mol. The molecule has 0 spiro atoms. The highest BCUT2D eigenvalue weighted by Crippen LogP contribution is 2.31. The molecule has 142 valence electrons. The van der Waals surface area contributed by atoms with Crippen LogP contribution in [0.1, 0.15) is 27.7 Å². The number of fused-ring (bicyclic) bond motifs is 1. The largest absolute Gasteiger partial charge is 0.489 e. The molecule has 0 fully saturated rings. The van der Waals surface area contributed by atoms with Crippen LogP contribution in [0.5, 0.6) is 5.75 Å². The number of nitrogens with zero attached hydrogens (tertiary/aromatic N) is 1. The van der Waals surface area contributed by atoms with Gasteiger partial charge in [-0.2, -0.15) is 0 Å². The molecule has 0 saturated carbocycles. The lowest BCUT2D eigenvalue weighted by Gasteiger charge is -2.25. The lowest BCUT2D eigenvalue weighted by Crippen LogP contribution is -2.52. The van der Waals surface area contributed by atoms with Crippen molar-refractivity contribution in [2.24, 2.45) is 0 Å². The standard InChI is InChI=1S/C18H24N2O6/c1-5-24-15(21)10-20-13-8-6-7-9-14(13)25-11-12(16(20)22)19-17(23)26-18(2,3)4/h6-9,12H,5,10-11H2,1-4H3,(H,19,23)/t12-/m0/s1. The summed E-state index contributed by atoms with van der Waals surface area (Å²) in [6.07, 6.45) is -0.735. The van der Waals surface area contributed by atoms with Crippen LogP contribution in [0.2, 0.25) is 0 Å². The van der Waals surface area contributed by atoms with E-state index in [4.69, 9.17) is 14.2 Å². The molecule has 0 unspecified atom stereocenters. The quantitative estimate of drug-likeness (QED) is 0.820. The van der Waals surface area contributed by atoms with Gasteiger partial charge < -0.3 is 19.5 Å². The Balaban J connectivity index is 2.23. The lowest BCUT2D eigenvalue weighted by molar-refractivity contribution is -0.142. The van der Waals surface area contributed by atoms with Crippen molar-refractivity contribution in [3.8, 4) is 5.75 Å². The Morgan fingerprint density at radius 1 is 1.31 bits per heavy atom. The van der Waals surface area contributed by atoms with Crippen molar-refractivity contribution in [2.45, 2.75) is 39.3 Å². The minimum absolute atomic E-state index is 0.0750. The number of nitrogens with one attached hydrogen (secondary N) is 1. The first-order valence-electron chi connectivity index (χ1n) is 8.39. The molecule has 0 saturated heterocycles. The Kier molecular flexibility index (Phi) is 6.07. The van der Waals surface area contributed by atoms with Gasteiger partial charge in [-0.25, -0.2) is 4.79 Å². The molecule has 0 radical (unpaired) electrons. The molecular formula is C18H24N2O6. The van der Waals surface area contributed by atoms with Crippen molar-refractivity contribution in [1.29, 1.82) is 0 Å². The number of benzene rings is 1. The summed E-state index contributed by atoms with van der Waals surface area (Å²) in [7, 11) is 0. The predicted molar refractivity (Wildman–Crippen MR) is 94.1 cm³/mol. The van der Waals surface area contributed by atoms with Gasteiger partial charge in [0.05, 0.1) is 12.3 Å². The molecule has 0 aliphatic carbocycles. The van der Waals surface area contributed by atoms with Gasteiger partial charge in [0.1, 0.15) is 30.5 Å². The van der Waals surface area contributed by atoms with E-state index in [-0.39, 0.29) is 19.8 Å². The maximum absolute atomic E-state index is 12.9. The Morgan fingerprint density at radius 2 is 2.00 bits per heavy atom. The van der Waals surface area contributed by atoms with Gasteiger partial charge in [0.25, 0.3) is 5.91 Å². The van der Waals surface area contributed by atoms with E-state index in [1.807, 2.05) is 0 Å². The topological polar surface area (TPSA) is 94.2 Å². The zero-order valence-electron chi connectivity index (χ0n) is 15.4. The van der Waals surface area contributed by atoms with Gasteiger partial charge in [0, 0.05) is 0 Å². The number of carbonyl (C=O) groups is 3. The van der Waals surface area contributed by atoms with Crippen LogP contribution in [0.3, 0.4) is 0 Å². The number of carbonyl (C=O) groups excluding carboxylic acids is 3. The Hall–Kier alpha value is -2.77. The fourth-order valence-corrected chi connectivity index (χ4v) is 2.41. The number of rotatable bonds is 4. The second-order valence-corrected chi connectivity index (χ2v) is 6.71. The van der Waals surface area contributed by atoms with E-state index in [9.17, 15) is 14.4 Å². The Morgan fingerprint density at radius 3 is 2.65 bits per heavy atom. The molecule has 1 atom stereocenters. The van der Waals surface area contributed by atoms with E-state index in [0.29, 0.717) is 11.4 Å². The second kappa shape index (κ2) is 8.07. The van der Waals surface area contributed by atoms with Crippen LogP contribution in [-0.2, 0) is 19.1 Å².